The highest BCUT2D eigenvalue weighted by atomic mass is 15.4. The summed E-state index contributed by atoms with van der Waals surface area (Å²) in [6.07, 6.45) is 55.9. The van der Waals surface area contributed by atoms with E-state index in [1.807, 2.05) is 0 Å². The highest BCUT2D eigenvalue weighted by Crippen LogP contribution is 2.24. The monoisotopic (exact) mass is 631 g/mol. The lowest BCUT2D eigenvalue weighted by Crippen LogP contribution is -2.39. The van der Waals surface area contributed by atoms with Crippen molar-refractivity contribution < 1.29 is 0 Å². The van der Waals surface area contributed by atoms with Gasteiger partial charge >= 0.3 is 0 Å². The van der Waals surface area contributed by atoms with Crippen molar-refractivity contribution in [1.29, 1.82) is 0 Å². The van der Waals surface area contributed by atoms with E-state index in [-0.39, 0.29) is 0 Å². The molecule has 0 saturated heterocycles. The van der Waals surface area contributed by atoms with Crippen LogP contribution in [0.5, 0.6) is 0 Å². The third kappa shape index (κ3) is 27.0. The average Bonchev–Trinajstić information content (AvgIpc) is 3.43. The summed E-state index contributed by atoms with van der Waals surface area (Å²) in [6.45, 7) is 9.49. The van der Waals surface area contributed by atoms with E-state index in [1.54, 1.807) is 0 Å². The van der Waals surface area contributed by atoms with Crippen molar-refractivity contribution in [2.24, 2.45) is 0 Å². The number of nitrogens with zero attached hydrogens (tertiary/aromatic N) is 2. The summed E-state index contributed by atoms with van der Waals surface area (Å²) < 4.78 is 0. The van der Waals surface area contributed by atoms with E-state index >= 15 is 0 Å². The third-order valence-electron chi connectivity index (χ3n) is 10.6. The first-order valence-electron chi connectivity index (χ1n) is 21.5. The van der Waals surface area contributed by atoms with E-state index in [1.165, 1.54) is 238 Å². The highest BCUT2D eigenvalue weighted by molar-refractivity contribution is 4.97. The fraction of sp³-hybridized carbons (Fsp3) is 0.953. The SMILES string of the molecule is CCCCCCCCCCCCCCCCCCN1C=CN(CCCCCCCCC)C1CCCCCCCCCCCCC. The second-order valence-corrected chi connectivity index (χ2v) is 15.0. The van der Waals surface area contributed by atoms with Gasteiger partial charge in [-0.2, -0.15) is 0 Å². The lowest BCUT2D eigenvalue weighted by atomic mass is 10.0. The fourth-order valence-electron chi connectivity index (χ4n) is 7.42. The molecule has 0 aromatic rings. The second-order valence-electron chi connectivity index (χ2n) is 15.0. The summed E-state index contributed by atoms with van der Waals surface area (Å²) in [6, 6.07) is 0. The molecule has 0 aliphatic carbocycles. The molecular formula is C43H86N2. The van der Waals surface area contributed by atoms with Crippen molar-refractivity contribution in [1.82, 2.24) is 9.80 Å². The first-order chi connectivity index (χ1) is 22.3. The molecule has 0 saturated carbocycles. The van der Waals surface area contributed by atoms with Crippen LogP contribution < -0.4 is 0 Å². The molecule has 0 aromatic heterocycles. The van der Waals surface area contributed by atoms with Gasteiger partial charge in [0.25, 0.3) is 0 Å². The number of hydrogen-bond donors (Lipinski definition) is 0. The molecule has 2 heteroatoms. The van der Waals surface area contributed by atoms with E-state index in [9.17, 15) is 0 Å². The zero-order valence-electron chi connectivity index (χ0n) is 31.8. The fourth-order valence-corrected chi connectivity index (χ4v) is 7.42. The van der Waals surface area contributed by atoms with Crippen LogP contribution in [0.4, 0.5) is 0 Å². The Kier molecular flexibility index (Phi) is 32.6. The molecule has 2 nitrogen and oxygen atoms in total. The van der Waals surface area contributed by atoms with Gasteiger partial charge in [0.15, 0.2) is 0 Å². The normalized spacial score (nSPS) is 14.8. The Bertz CT molecular complexity index is 586. The number of rotatable bonds is 37. The van der Waals surface area contributed by atoms with E-state index < -0.39 is 0 Å². The van der Waals surface area contributed by atoms with Crippen LogP contribution in [-0.4, -0.2) is 29.1 Å². The molecule has 268 valence electrons. The largest absolute Gasteiger partial charge is 0.356 e. The zero-order valence-corrected chi connectivity index (χ0v) is 31.8. The summed E-state index contributed by atoms with van der Waals surface area (Å²) in [5, 5.41) is 0. The molecule has 1 unspecified atom stereocenters. The van der Waals surface area contributed by atoms with Gasteiger partial charge in [-0.05, 0) is 25.7 Å². The molecule has 1 aliphatic heterocycles. The molecule has 1 rings (SSSR count). The van der Waals surface area contributed by atoms with Crippen molar-refractivity contribution >= 4 is 0 Å². The van der Waals surface area contributed by atoms with Gasteiger partial charge in [0, 0.05) is 25.5 Å². The molecular weight excluding hydrogens is 544 g/mol. The predicted octanol–water partition coefficient (Wildman–Crippen LogP) is 15.1. The van der Waals surface area contributed by atoms with Crippen LogP contribution >= 0.6 is 0 Å². The molecule has 0 bridgehead atoms. The molecule has 1 aliphatic rings. The molecule has 0 aromatic carbocycles. The lowest BCUT2D eigenvalue weighted by molar-refractivity contribution is 0.135. The van der Waals surface area contributed by atoms with Crippen LogP contribution in [0.3, 0.4) is 0 Å². The molecule has 1 atom stereocenters. The van der Waals surface area contributed by atoms with Gasteiger partial charge in [-0.1, -0.05) is 220 Å². The van der Waals surface area contributed by atoms with Gasteiger partial charge in [-0.3, -0.25) is 0 Å². The Hall–Kier alpha value is -0.660. The quantitative estimate of drug-likeness (QED) is 0.0630. The van der Waals surface area contributed by atoms with E-state index in [0.29, 0.717) is 6.17 Å². The minimum Gasteiger partial charge on any atom is -0.356 e. The second kappa shape index (κ2) is 34.7. The Morgan fingerprint density at radius 1 is 0.289 bits per heavy atom. The molecule has 0 fully saturated rings. The first kappa shape index (κ1) is 42.4. The topological polar surface area (TPSA) is 6.48 Å². The van der Waals surface area contributed by atoms with Gasteiger partial charge in [-0.15, -0.1) is 0 Å². The van der Waals surface area contributed by atoms with Crippen molar-refractivity contribution in [3.63, 3.8) is 0 Å². The minimum atomic E-state index is 0.639. The average molecular weight is 631 g/mol. The van der Waals surface area contributed by atoms with Gasteiger partial charge < -0.3 is 9.80 Å². The molecule has 1 heterocycles. The minimum absolute atomic E-state index is 0.639. The molecule has 0 amide bonds. The lowest BCUT2D eigenvalue weighted by Gasteiger charge is -2.33. The highest BCUT2D eigenvalue weighted by Gasteiger charge is 2.24. The molecule has 45 heavy (non-hydrogen) atoms. The maximum atomic E-state index is 2.72. The zero-order chi connectivity index (χ0) is 32.3. The number of unbranched alkanes of at least 4 members (excludes halogenated alkanes) is 31. The van der Waals surface area contributed by atoms with Crippen LogP contribution in [-0.2, 0) is 0 Å². The van der Waals surface area contributed by atoms with E-state index in [2.05, 4.69) is 43.0 Å². The number of hydrogen-bond acceptors (Lipinski definition) is 2. The maximum Gasteiger partial charge on any atom is 0.101 e. The van der Waals surface area contributed by atoms with Crippen molar-refractivity contribution in [2.45, 2.75) is 252 Å². The van der Waals surface area contributed by atoms with Crippen LogP contribution in [0.25, 0.3) is 0 Å². The Labute approximate surface area is 286 Å². The summed E-state index contributed by atoms with van der Waals surface area (Å²) >= 11 is 0. The Morgan fingerprint density at radius 3 is 0.778 bits per heavy atom. The maximum absolute atomic E-state index is 2.72. The van der Waals surface area contributed by atoms with Crippen LogP contribution in [0.2, 0.25) is 0 Å². The molecule has 0 N–H and O–H groups in total. The van der Waals surface area contributed by atoms with Crippen molar-refractivity contribution in [3.05, 3.63) is 12.4 Å². The molecule has 0 spiro atoms. The summed E-state index contributed by atoms with van der Waals surface area (Å²) in [5.74, 6) is 0. The van der Waals surface area contributed by atoms with Gasteiger partial charge in [-0.25, -0.2) is 0 Å². The summed E-state index contributed by atoms with van der Waals surface area (Å²) in [4.78, 5) is 5.44. The smallest absolute Gasteiger partial charge is 0.101 e. The van der Waals surface area contributed by atoms with E-state index in [0.717, 1.165) is 0 Å². The predicted molar refractivity (Wildman–Crippen MR) is 205 cm³/mol. The van der Waals surface area contributed by atoms with Crippen molar-refractivity contribution in [2.75, 3.05) is 13.1 Å². The first-order valence-corrected chi connectivity index (χ1v) is 21.5. The van der Waals surface area contributed by atoms with Crippen LogP contribution in [0.15, 0.2) is 12.4 Å². The molecule has 0 radical (unpaired) electrons. The van der Waals surface area contributed by atoms with Crippen LogP contribution in [0.1, 0.15) is 245 Å². The van der Waals surface area contributed by atoms with Gasteiger partial charge in [0.2, 0.25) is 0 Å². The Balaban J connectivity index is 2.16. The third-order valence-corrected chi connectivity index (χ3v) is 10.6. The standard InChI is InChI=1S/C43H86N2/c1-4-7-10-13-16-18-20-21-22-23-24-26-28-31-34-37-40-45-42-41-44(39-36-33-30-15-12-9-6-3)43(45)38-35-32-29-27-25-19-17-14-11-8-5-2/h41-43H,4-40H2,1-3H3. The summed E-state index contributed by atoms with van der Waals surface area (Å²) in [7, 11) is 0. The van der Waals surface area contributed by atoms with Crippen LogP contribution in [0, 0.1) is 0 Å². The van der Waals surface area contributed by atoms with Gasteiger partial charge in [0.1, 0.15) is 6.17 Å². The van der Waals surface area contributed by atoms with Gasteiger partial charge in [0.05, 0.1) is 0 Å². The Morgan fingerprint density at radius 2 is 0.511 bits per heavy atom. The summed E-state index contributed by atoms with van der Waals surface area (Å²) in [5.41, 5.74) is 0. The van der Waals surface area contributed by atoms with E-state index in [4.69, 9.17) is 0 Å². The van der Waals surface area contributed by atoms with Crippen molar-refractivity contribution in [3.8, 4) is 0 Å².